The molecule has 0 aromatic heterocycles. The van der Waals surface area contributed by atoms with E-state index in [0.29, 0.717) is 38.6 Å². The van der Waals surface area contributed by atoms with Crippen molar-refractivity contribution in [3.63, 3.8) is 0 Å². The Bertz CT molecular complexity index is 1390. The summed E-state index contributed by atoms with van der Waals surface area (Å²) >= 11 is 0. The van der Waals surface area contributed by atoms with E-state index in [9.17, 15) is 28.8 Å². The van der Waals surface area contributed by atoms with Crippen molar-refractivity contribution in [3.8, 4) is 11.5 Å². The minimum atomic E-state index is -1.56. The average molecular weight is 741 g/mol. The summed E-state index contributed by atoms with van der Waals surface area (Å²) in [6.07, 6.45) is -6.84. The van der Waals surface area contributed by atoms with E-state index >= 15 is 0 Å². The van der Waals surface area contributed by atoms with Crippen molar-refractivity contribution in [2.45, 2.75) is 71.2 Å². The summed E-state index contributed by atoms with van der Waals surface area (Å²) in [5, 5.41) is 6.09. The van der Waals surface area contributed by atoms with Gasteiger partial charge in [-0.2, -0.15) is 0 Å². The maximum atomic E-state index is 12.4. The molecule has 0 radical (unpaired) electrons. The van der Waals surface area contributed by atoms with Gasteiger partial charge in [-0.05, 0) is 29.6 Å². The van der Waals surface area contributed by atoms with Gasteiger partial charge in [0.2, 0.25) is 18.3 Å². The third-order valence-electron chi connectivity index (χ3n) is 6.73. The third-order valence-corrected chi connectivity index (χ3v) is 6.73. The lowest BCUT2D eigenvalue weighted by Gasteiger charge is -2.43. The number of esters is 4. The Kier molecular flexibility index (Phi) is 20.1. The summed E-state index contributed by atoms with van der Waals surface area (Å²) in [5.41, 5.74) is 8.78. The molecule has 0 spiro atoms. The highest BCUT2D eigenvalue weighted by atomic mass is 16.7. The van der Waals surface area contributed by atoms with E-state index in [1.165, 1.54) is 12.1 Å². The first-order valence-corrected chi connectivity index (χ1v) is 16.2. The summed E-state index contributed by atoms with van der Waals surface area (Å²) < 4.78 is 54.3. The number of amides is 1. The van der Waals surface area contributed by atoms with E-state index in [-0.39, 0.29) is 56.4 Å². The molecule has 0 bridgehead atoms. The minimum absolute atomic E-state index is 0.0693. The minimum Gasteiger partial charge on any atom is -0.463 e. The number of ether oxygens (including phenoxy) is 10. The first-order valence-electron chi connectivity index (χ1n) is 16.2. The second kappa shape index (κ2) is 24.2. The fourth-order valence-electron chi connectivity index (χ4n) is 4.66. The van der Waals surface area contributed by atoms with E-state index in [2.05, 4.69) is 15.3 Å². The molecule has 20 nitrogen and oxygen atoms in total. The highest BCUT2D eigenvalue weighted by Gasteiger charge is 2.53. The number of nitrogens with zero attached hydrogens (tertiary/aromatic N) is 3. The van der Waals surface area contributed by atoms with Gasteiger partial charge in [0.1, 0.15) is 12.7 Å². The number of nitrogens with one attached hydrogen (secondary N) is 1. The van der Waals surface area contributed by atoms with Crippen LogP contribution in [0.3, 0.4) is 0 Å². The molecule has 52 heavy (non-hydrogen) atoms. The quantitative estimate of drug-likeness (QED) is 0.0296. The van der Waals surface area contributed by atoms with Crippen LogP contribution < -0.4 is 14.8 Å². The van der Waals surface area contributed by atoms with Gasteiger partial charge in [0, 0.05) is 52.1 Å². The normalized spacial score (nSPS) is 19.3. The molecular weight excluding hydrogens is 696 g/mol. The maximum Gasteiger partial charge on any atom is 0.303 e. The largest absolute Gasteiger partial charge is 0.463 e. The molecule has 5 atom stereocenters. The zero-order valence-corrected chi connectivity index (χ0v) is 29.3. The van der Waals surface area contributed by atoms with Crippen molar-refractivity contribution in [3.05, 3.63) is 34.2 Å². The molecule has 1 heterocycles. The van der Waals surface area contributed by atoms with Crippen molar-refractivity contribution in [1.29, 1.82) is 0 Å². The predicted molar refractivity (Wildman–Crippen MR) is 174 cm³/mol. The Balaban J connectivity index is 2.02. The zero-order valence-electron chi connectivity index (χ0n) is 29.3. The van der Waals surface area contributed by atoms with E-state index in [1.807, 2.05) is 0 Å². The van der Waals surface area contributed by atoms with Crippen LogP contribution in [-0.2, 0) is 73.1 Å². The molecule has 1 amide bonds. The maximum absolute atomic E-state index is 12.4. The first-order chi connectivity index (χ1) is 24.9. The SMILES string of the molecule is CC(=O)OC[C@H]1O[C@@H](Oc2ccc(CCC(=O)NCCOCCOCCOCCN=[N+]=[N-])cc2OC=O)[C@H](OC(C)=O)[C@@H](OC(C)=O)[C@H]1OC(C)=O. The molecule has 1 aromatic rings. The number of aryl methyl sites for hydroxylation is 1. The van der Waals surface area contributed by atoms with Gasteiger partial charge < -0.3 is 52.7 Å². The van der Waals surface area contributed by atoms with Crippen LogP contribution in [0.5, 0.6) is 11.5 Å². The van der Waals surface area contributed by atoms with Crippen molar-refractivity contribution in [2.75, 3.05) is 59.3 Å². The fraction of sp³-hybridized carbons (Fsp3) is 0.625. The molecule has 0 unspecified atom stereocenters. The van der Waals surface area contributed by atoms with Crippen LogP contribution >= 0.6 is 0 Å². The molecule has 0 saturated carbocycles. The van der Waals surface area contributed by atoms with Crippen molar-refractivity contribution >= 4 is 36.3 Å². The van der Waals surface area contributed by atoms with Crippen molar-refractivity contribution in [1.82, 2.24) is 5.32 Å². The molecule has 288 valence electrons. The van der Waals surface area contributed by atoms with Gasteiger partial charge in [0.05, 0.1) is 39.6 Å². The second-order valence-corrected chi connectivity index (χ2v) is 10.8. The van der Waals surface area contributed by atoms with Crippen molar-refractivity contribution < 1.29 is 76.1 Å². The standard InChI is InChI=1S/C32H44N4O16/c1-20(38)46-18-27-29(48-21(2)39)30(49-22(3)40)31(50-23(4)41)32(52-27)51-25-7-5-24(17-26(25)47-19-37)6-8-28(42)34-9-11-43-13-15-45-16-14-44-12-10-35-36-33/h5,7,17,19,27,29-32H,6,8-16,18H2,1-4H3,(H,34,42)/t27-,29+,30+,31-,32-/m1/s1. The molecular formula is C32H44N4O16. The lowest BCUT2D eigenvalue weighted by Crippen LogP contribution is -2.63. The van der Waals surface area contributed by atoms with Gasteiger partial charge in [-0.25, -0.2) is 0 Å². The number of benzene rings is 1. The summed E-state index contributed by atoms with van der Waals surface area (Å²) in [4.78, 5) is 74.2. The second-order valence-electron chi connectivity index (χ2n) is 10.8. The molecule has 1 aliphatic heterocycles. The third kappa shape index (κ3) is 16.8. The molecule has 1 N–H and O–H groups in total. The Morgan fingerprint density at radius 2 is 1.44 bits per heavy atom. The Hall–Kier alpha value is -5.01. The van der Waals surface area contributed by atoms with Gasteiger partial charge in [-0.1, -0.05) is 11.2 Å². The molecule has 1 aromatic carbocycles. The fourth-order valence-corrected chi connectivity index (χ4v) is 4.66. The van der Waals surface area contributed by atoms with Crippen LogP contribution in [0.4, 0.5) is 0 Å². The summed E-state index contributed by atoms with van der Waals surface area (Å²) in [7, 11) is 0. The van der Waals surface area contributed by atoms with Crippen LogP contribution in [0.25, 0.3) is 10.4 Å². The Labute approximate surface area is 299 Å². The van der Waals surface area contributed by atoms with Crippen LogP contribution in [-0.4, -0.2) is 126 Å². The molecule has 1 aliphatic rings. The van der Waals surface area contributed by atoms with Crippen molar-refractivity contribution in [2.24, 2.45) is 5.11 Å². The van der Waals surface area contributed by atoms with Crippen LogP contribution in [0.2, 0.25) is 0 Å². The number of carbonyl (C=O) groups excluding carboxylic acids is 6. The smallest absolute Gasteiger partial charge is 0.303 e. The Morgan fingerprint density at radius 1 is 0.827 bits per heavy atom. The van der Waals surface area contributed by atoms with Gasteiger partial charge >= 0.3 is 23.9 Å². The average Bonchev–Trinajstić information content (AvgIpc) is 3.08. The summed E-state index contributed by atoms with van der Waals surface area (Å²) in [6.45, 7) is 6.58. The number of hydrogen-bond donors (Lipinski definition) is 1. The van der Waals surface area contributed by atoms with E-state index < -0.39 is 61.2 Å². The highest BCUT2D eigenvalue weighted by molar-refractivity contribution is 5.76. The monoisotopic (exact) mass is 740 g/mol. The highest BCUT2D eigenvalue weighted by Crippen LogP contribution is 2.35. The molecule has 20 heteroatoms. The van der Waals surface area contributed by atoms with Crippen LogP contribution in [0, 0.1) is 0 Å². The Morgan fingerprint density at radius 3 is 2.06 bits per heavy atom. The summed E-state index contributed by atoms with van der Waals surface area (Å²) in [6, 6.07) is 4.47. The lowest BCUT2D eigenvalue weighted by atomic mass is 9.98. The molecule has 1 fully saturated rings. The lowest BCUT2D eigenvalue weighted by molar-refractivity contribution is -0.288. The van der Waals surface area contributed by atoms with Crippen LogP contribution in [0.1, 0.15) is 39.7 Å². The van der Waals surface area contributed by atoms with Gasteiger partial charge in [-0.15, -0.1) is 0 Å². The zero-order chi connectivity index (χ0) is 38.3. The first kappa shape index (κ1) is 43.2. The molecule has 2 rings (SSSR count). The van der Waals surface area contributed by atoms with E-state index in [0.717, 1.165) is 27.7 Å². The van der Waals surface area contributed by atoms with E-state index in [1.54, 1.807) is 6.07 Å². The van der Waals surface area contributed by atoms with E-state index in [4.69, 9.17) is 52.9 Å². The number of hydrogen-bond acceptors (Lipinski definition) is 17. The van der Waals surface area contributed by atoms with Gasteiger partial charge in [-0.3, -0.25) is 28.8 Å². The number of rotatable bonds is 24. The van der Waals surface area contributed by atoms with Gasteiger partial charge in [0.25, 0.3) is 6.47 Å². The predicted octanol–water partition coefficient (Wildman–Crippen LogP) is 1.09. The number of azide groups is 1. The van der Waals surface area contributed by atoms with Crippen LogP contribution in [0.15, 0.2) is 23.3 Å². The molecule has 1 saturated heterocycles. The number of carbonyl (C=O) groups is 6. The topological polar surface area (TPSA) is 256 Å². The summed E-state index contributed by atoms with van der Waals surface area (Å²) in [5.74, 6) is -3.53. The van der Waals surface area contributed by atoms with Gasteiger partial charge in [0.15, 0.2) is 23.7 Å². The molecule has 0 aliphatic carbocycles.